The van der Waals surface area contributed by atoms with Crippen LogP contribution in [0.15, 0.2) is 24.3 Å². The molecule has 1 N–H and O–H groups in total. The molecule has 0 amide bonds. The van der Waals surface area contributed by atoms with E-state index >= 15 is 0 Å². The molecule has 0 bridgehead atoms. The Kier molecular flexibility index (Phi) is 5.59. The average molecular weight is 278 g/mol. The summed E-state index contributed by atoms with van der Waals surface area (Å²) in [7, 11) is 2.24. The monoisotopic (exact) mass is 278 g/mol. The summed E-state index contributed by atoms with van der Waals surface area (Å²) in [6, 6.07) is 10.2. The summed E-state index contributed by atoms with van der Waals surface area (Å²) in [6.07, 6.45) is 6.09. The lowest BCUT2D eigenvalue weighted by atomic mass is 10.1. The number of hydrogen-bond donors (Lipinski definition) is 1. The molecule has 1 aliphatic rings. The fraction of sp³-hybridized carbons (Fsp3) is 0.625. The van der Waals surface area contributed by atoms with Gasteiger partial charge in [-0.25, -0.2) is 0 Å². The Morgan fingerprint density at radius 2 is 2.11 bits per heavy atom. The molecule has 0 spiro atoms. The van der Waals surface area contributed by atoms with Gasteiger partial charge in [-0.05, 0) is 37.1 Å². The first kappa shape index (κ1) is 14.7. The molecule has 19 heavy (non-hydrogen) atoms. The van der Waals surface area contributed by atoms with Crippen LogP contribution in [0.3, 0.4) is 0 Å². The van der Waals surface area contributed by atoms with Crippen LogP contribution in [0.25, 0.3) is 0 Å². The second kappa shape index (κ2) is 7.20. The van der Waals surface area contributed by atoms with Crippen molar-refractivity contribution in [1.29, 1.82) is 0 Å². The molecule has 1 unspecified atom stereocenters. The molecular weight excluding hydrogens is 252 g/mol. The fourth-order valence-electron chi connectivity index (χ4n) is 2.44. The molecule has 0 saturated heterocycles. The predicted molar refractivity (Wildman–Crippen MR) is 87.2 cm³/mol. The highest BCUT2D eigenvalue weighted by molar-refractivity contribution is 7.98. The Balaban J connectivity index is 2.07. The van der Waals surface area contributed by atoms with Crippen molar-refractivity contribution in [3.63, 3.8) is 0 Å². The highest BCUT2D eigenvalue weighted by atomic mass is 32.2. The van der Waals surface area contributed by atoms with E-state index in [9.17, 15) is 0 Å². The van der Waals surface area contributed by atoms with Gasteiger partial charge in [0.1, 0.15) is 0 Å². The molecule has 0 heterocycles. The lowest BCUT2D eigenvalue weighted by molar-refractivity contribution is 0.656. The molecule has 3 heteroatoms. The highest BCUT2D eigenvalue weighted by Gasteiger charge is 2.21. The zero-order valence-electron chi connectivity index (χ0n) is 12.4. The van der Waals surface area contributed by atoms with E-state index in [4.69, 9.17) is 0 Å². The van der Waals surface area contributed by atoms with Gasteiger partial charge in [-0.1, -0.05) is 25.1 Å². The molecule has 1 saturated carbocycles. The fourth-order valence-corrected chi connectivity index (χ4v) is 3.28. The van der Waals surface area contributed by atoms with Crippen molar-refractivity contribution in [3.05, 3.63) is 29.8 Å². The van der Waals surface area contributed by atoms with Crippen LogP contribution >= 0.6 is 11.8 Å². The molecule has 1 aromatic carbocycles. The minimum absolute atomic E-state index is 0.622. The van der Waals surface area contributed by atoms with E-state index < -0.39 is 0 Å². The first-order valence-electron chi connectivity index (χ1n) is 7.29. The molecule has 1 aliphatic carbocycles. The molecule has 0 radical (unpaired) electrons. The third kappa shape index (κ3) is 4.15. The molecule has 1 atom stereocenters. The van der Waals surface area contributed by atoms with Gasteiger partial charge in [-0.2, -0.15) is 11.8 Å². The lowest BCUT2D eigenvalue weighted by Gasteiger charge is -2.30. The van der Waals surface area contributed by atoms with Gasteiger partial charge >= 0.3 is 0 Å². The van der Waals surface area contributed by atoms with Crippen LogP contribution in [0, 0.1) is 0 Å². The van der Waals surface area contributed by atoms with Crippen molar-refractivity contribution >= 4 is 17.4 Å². The molecule has 2 rings (SSSR count). The van der Waals surface area contributed by atoms with Gasteiger partial charge in [-0.3, -0.25) is 0 Å². The van der Waals surface area contributed by atoms with Crippen molar-refractivity contribution < 1.29 is 0 Å². The van der Waals surface area contributed by atoms with E-state index in [1.165, 1.54) is 36.3 Å². The van der Waals surface area contributed by atoms with Crippen LogP contribution < -0.4 is 10.2 Å². The van der Waals surface area contributed by atoms with Crippen LogP contribution in [0.2, 0.25) is 0 Å². The molecule has 1 fully saturated rings. The van der Waals surface area contributed by atoms with Crippen molar-refractivity contribution in [2.45, 2.75) is 44.8 Å². The maximum absolute atomic E-state index is 3.63. The zero-order chi connectivity index (χ0) is 13.7. The number of nitrogens with zero attached hydrogens (tertiary/aromatic N) is 1. The number of thioether (sulfide) groups is 1. The van der Waals surface area contributed by atoms with Crippen molar-refractivity contribution in [2.24, 2.45) is 0 Å². The minimum atomic E-state index is 0.622. The molecule has 106 valence electrons. The predicted octanol–water partition coefficient (Wildman–Crippen LogP) is 3.52. The molecule has 0 aliphatic heterocycles. The number of para-hydroxylation sites is 1. The smallest absolute Gasteiger partial charge is 0.0412 e. The van der Waals surface area contributed by atoms with Crippen molar-refractivity contribution in [1.82, 2.24) is 5.32 Å². The van der Waals surface area contributed by atoms with Crippen molar-refractivity contribution in [3.8, 4) is 0 Å². The second-order valence-electron chi connectivity index (χ2n) is 5.41. The van der Waals surface area contributed by atoms with Crippen LogP contribution in [0.5, 0.6) is 0 Å². The summed E-state index contributed by atoms with van der Waals surface area (Å²) in [5.41, 5.74) is 2.81. The SMILES string of the molecule is CCC(CSC)N(C)c1ccccc1CNC1CC1. The van der Waals surface area contributed by atoms with Crippen LogP contribution in [0.4, 0.5) is 5.69 Å². The summed E-state index contributed by atoms with van der Waals surface area (Å²) in [5, 5.41) is 3.63. The Morgan fingerprint density at radius 3 is 2.74 bits per heavy atom. The quantitative estimate of drug-likeness (QED) is 0.783. The minimum Gasteiger partial charge on any atom is -0.371 e. The number of anilines is 1. The third-order valence-corrected chi connectivity index (χ3v) is 4.63. The van der Waals surface area contributed by atoms with Gasteiger partial charge in [0.05, 0.1) is 0 Å². The van der Waals surface area contributed by atoms with Gasteiger partial charge < -0.3 is 10.2 Å². The van der Waals surface area contributed by atoms with E-state index in [1.54, 1.807) is 0 Å². The Hall–Kier alpha value is -0.670. The standard InChI is InChI=1S/C16H26N2S/c1-4-15(12-19-3)18(2)16-8-6-5-7-13(16)11-17-14-9-10-14/h5-8,14-15,17H,4,9-12H2,1-3H3. The second-order valence-corrected chi connectivity index (χ2v) is 6.32. The van der Waals surface area contributed by atoms with Crippen LogP contribution in [-0.2, 0) is 6.54 Å². The molecular formula is C16H26N2S. The largest absolute Gasteiger partial charge is 0.371 e. The van der Waals surface area contributed by atoms with Crippen molar-refractivity contribution in [2.75, 3.05) is 24.0 Å². The maximum atomic E-state index is 3.63. The normalized spacial score (nSPS) is 16.4. The Bertz CT molecular complexity index is 390. The molecule has 1 aromatic rings. The van der Waals surface area contributed by atoms with Gasteiger partial charge in [0.15, 0.2) is 0 Å². The number of hydrogen-bond acceptors (Lipinski definition) is 3. The summed E-state index contributed by atoms with van der Waals surface area (Å²) in [5.74, 6) is 1.19. The topological polar surface area (TPSA) is 15.3 Å². The average Bonchev–Trinajstić information content (AvgIpc) is 3.26. The van der Waals surface area contributed by atoms with E-state index in [0.717, 1.165) is 12.6 Å². The summed E-state index contributed by atoms with van der Waals surface area (Å²) < 4.78 is 0. The first-order chi connectivity index (χ1) is 9.26. The van der Waals surface area contributed by atoms with Gasteiger partial charge in [0, 0.05) is 37.1 Å². The van der Waals surface area contributed by atoms with Crippen LogP contribution in [0.1, 0.15) is 31.7 Å². The highest BCUT2D eigenvalue weighted by Crippen LogP contribution is 2.25. The summed E-state index contributed by atoms with van der Waals surface area (Å²) >= 11 is 1.93. The first-order valence-corrected chi connectivity index (χ1v) is 8.68. The van der Waals surface area contributed by atoms with E-state index in [2.05, 4.69) is 54.7 Å². The van der Waals surface area contributed by atoms with Crippen LogP contribution in [-0.4, -0.2) is 31.1 Å². The lowest BCUT2D eigenvalue weighted by Crippen LogP contribution is -2.34. The van der Waals surface area contributed by atoms with E-state index in [-0.39, 0.29) is 0 Å². The Labute approximate surface area is 122 Å². The van der Waals surface area contributed by atoms with Gasteiger partial charge in [0.2, 0.25) is 0 Å². The Morgan fingerprint density at radius 1 is 1.37 bits per heavy atom. The van der Waals surface area contributed by atoms with E-state index in [0.29, 0.717) is 6.04 Å². The number of rotatable bonds is 8. The van der Waals surface area contributed by atoms with Gasteiger partial charge in [-0.15, -0.1) is 0 Å². The number of benzene rings is 1. The maximum Gasteiger partial charge on any atom is 0.0412 e. The van der Waals surface area contributed by atoms with Gasteiger partial charge in [0.25, 0.3) is 0 Å². The third-order valence-electron chi connectivity index (χ3n) is 3.91. The summed E-state index contributed by atoms with van der Waals surface area (Å²) in [6.45, 7) is 3.28. The molecule has 2 nitrogen and oxygen atoms in total. The summed E-state index contributed by atoms with van der Waals surface area (Å²) in [4.78, 5) is 2.46. The van der Waals surface area contributed by atoms with E-state index in [1.807, 2.05) is 11.8 Å². The number of nitrogens with one attached hydrogen (secondary N) is 1. The zero-order valence-corrected chi connectivity index (χ0v) is 13.2. The molecule has 0 aromatic heterocycles.